The number of anilines is 1. The van der Waals surface area contributed by atoms with Crippen molar-refractivity contribution in [2.24, 2.45) is 0 Å². The van der Waals surface area contributed by atoms with Crippen LogP contribution in [0.25, 0.3) is 0 Å². The van der Waals surface area contributed by atoms with Crippen molar-refractivity contribution in [1.82, 2.24) is 10.6 Å². The molecule has 3 N–H and O–H groups in total. The highest BCUT2D eigenvalue weighted by Crippen LogP contribution is 2.14. The van der Waals surface area contributed by atoms with E-state index >= 15 is 0 Å². The molecule has 6 heteroatoms. The van der Waals surface area contributed by atoms with Gasteiger partial charge in [-0.1, -0.05) is 25.1 Å². The van der Waals surface area contributed by atoms with E-state index in [0.717, 1.165) is 17.7 Å². The second-order valence-corrected chi connectivity index (χ2v) is 4.16. The average Bonchev–Trinajstić information content (AvgIpc) is 2.45. The zero-order valence-electron chi connectivity index (χ0n) is 11.9. The number of aryl methyl sites for hydroxylation is 1. The van der Waals surface area contributed by atoms with Gasteiger partial charge in [0.05, 0.1) is 13.2 Å². The van der Waals surface area contributed by atoms with Crippen molar-refractivity contribution in [1.29, 1.82) is 0 Å². The minimum Gasteiger partial charge on any atom is -0.383 e. The van der Waals surface area contributed by atoms with Gasteiger partial charge in [0.2, 0.25) is 5.91 Å². The minimum absolute atomic E-state index is 0.0503. The van der Waals surface area contributed by atoms with Crippen LogP contribution in [-0.4, -0.2) is 38.7 Å². The summed E-state index contributed by atoms with van der Waals surface area (Å²) in [6.07, 6.45) is 0.877. The number of urea groups is 1. The van der Waals surface area contributed by atoms with Crippen LogP contribution in [0.3, 0.4) is 0 Å². The van der Waals surface area contributed by atoms with Gasteiger partial charge in [-0.25, -0.2) is 4.79 Å². The summed E-state index contributed by atoms with van der Waals surface area (Å²) >= 11 is 0. The first-order chi connectivity index (χ1) is 9.67. The molecule has 0 aliphatic rings. The molecule has 3 amide bonds. The highest BCUT2D eigenvalue weighted by Gasteiger charge is 2.07. The van der Waals surface area contributed by atoms with Crippen molar-refractivity contribution in [2.45, 2.75) is 13.3 Å². The third kappa shape index (κ3) is 5.71. The number of carbonyl (C=O) groups is 2. The van der Waals surface area contributed by atoms with Gasteiger partial charge in [-0.3, -0.25) is 10.1 Å². The molecule has 1 rings (SSSR count). The first-order valence-corrected chi connectivity index (χ1v) is 6.55. The van der Waals surface area contributed by atoms with E-state index in [4.69, 9.17) is 4.74 Å². The largest absolute Gasteiger partial charge is 0.383 e. The fourth-order valence-corrected chi connectivity index (χ4v) is 1.66. The molecule has 0 unspecified atom stereocenters. The molecular weight excluding hydrogens is 258 g/mol. The second-order valence-electron chi connectivity index (χ2n) is 4.16. The molecule has 1 aromatic carbocycles. The lowest BCUT2D eigenvalue weighted by atomic mass is 10.1. The topological polar surface area (TPSA) is 79.5 Å². The Labute approximate surface area is 118 Å². The first-order valence-electron chi connectivity index (χ1n) is 6.55. The van der Waals surface area contributed by atoms with E-state index in [2.05, 4.69) is 16.0 Å². The second kappa shape index (κ2) is 8.92. The first kappa shape index (κ1) is 16.0. The molecule has 1 aromatic rings. The van der Waals surface area contributed by atoms with Crippen molar-refractivity contribution in [2.75, 3.05) is 32.1 Å². The molecule has 0 saturated carbocycles. The van der Waals surface area contributed by atoms with Crippen LogP contribution in [0.5, 0.6) is 0 Å². The molecule has 0 radical (unpaired) electrons. The minimum atomic E-state index is -0.516. The standard InChI is InChI=1S/C14H21N3O3/c1-3-11-6-4-5-7-12(11)16-10-13(18)17-14(19)15-8-9-20-2/h4-7,16H,3,8-10H2,1-2H3,(H2,15,17,18,19). The SMILES string of the molecule is CCc1ccccc1NCC(=O)NC(=O)NCCOC. The van der Waals surface area contributed by atoms with Crippen molar-refractivity contribution in [3.63, 3.8) is 0 Å². The molecule has 110 valence electrons. The molecule has 0 saturated heterocycles. The van der Waals surface area contributed by atoms with Gasteiger partial charge in [0, 0.05) is 19.3 Å². The van der Waals surface area contributed by atoms with Gasteiger partial charge in [0.15, 0.2) is 0 Å². The van der Waals surface area contributed by atoms with Crippen LogP contribution in [0.15, 0.2) is 24.3 Å². The molecule has 20 heavy (non-hydrogen) atoms. The highest BCUT2D eigenvalue weighted by molar-refractivity contribution is 5.96. The number of amides is 3. The van der Waals surface area contributed by atoms with Crippen LogP contribution in [0, 0.1) is 0 Å². The van der Waals surface area contributed by atoms with Crippen molar-refractivity contribution in [3.05, 3.63) is 29.8 Å². The Bertz CT molecular complexity index is 449. The predicted octanol–water partition coefficient (Wildman–Crippen LogP) is 1.13. The zero-order chi connectivity index (χ0) is 14.8. The van der Waals surface area contributed by atoms with Crippen LogP contribution < -0.4 is 16.0 Å². The maximum atomic E-state index is 11.6. The van der Waals surface area contributed by atoms with Gasteiger partial charge in [-0.2, -0.15) is 0 Å². The smallest absolute Gasteiger partial charge is 0.321 e. The van der Waals surface area contributed by atoms with Crippen molar-refractivity contribution in [3.8, 4) is 0 Å². The van der Waals surface area contributed by atoms with E-state index in [1.54, 1.807) is 7.11 Å². The number of para-hydroxylation sites is 1. The summed E-state index contributed by atoms with van der Waals surface area (Å²) in [5.74, 6) is -0.383. The zero-order valence-corrected chi connectivity index (χ0v) is 11.9. The van der Waals surface area contributed by atoms with Gasteiger partial charge in [-0.15, -0.1) is 0 Å². The molecule has 0 atom stereocenters. The number of ether oxygens (including phenoxy) is 1. The van der Waals surface area contributed by atoms with Crippen LogP contribution in [0.2, 0.25) is 0 Å². The van der Waals surface area contributed by atoms with Gasteiger partial charge in [0.25, 0.3) is 0 Å². The van der Waals surface area contributed by atoms with Crippen molar-refractivity contribution < 1.29 is 14.3 Å². The summed E-state index contributed by atoms with van der Waals surface area (Å²) < 4.78 is 4.79. The lowest BCUT2D eigenvalue weighted by molar-refractivity contribution is -0.118. The summed E-state index contributed by atoms with van der Waals surface area (Å²) in [6, 6.07) is 7.24. The lowest BCUT2D eigenvalue weighted by Crippen LogP contribution is -2.43. The normalized spacial score (nSPS) is 9.90. The summed E-state index contributed by atoms with van der Waals surface area (Å²) in [7, 11) is 1.54. The van der Waals surface area contributed by atoms with Crippen LogP contribution in [-0.2, 0) is 16.0 Å². The Morgan fingerprint density at radius 2 is 2.00 bits per heavy atom. The molecule has 6 nitrogen and oxygen atoms in total. The summed E-state index contributed by atoms with van der Waals surface area (Å²) in [5.41, 5.74) is 2.04. The Morgan fingerprint density at radius 1 is 1.25 bits per heavy atom. The molecule has 0 aromatic heterocycles. The molecule has 0 aliphatic heterocycles. The number of benzene rings is 1. The van der Waals surface area contributed by atoms with E-state index < -0.39 is 6.03 Å². The van der Waals surface area contributed by atoms with Gasteiger partial charge in [0.1, 0.15) is 0 Å². The Morgan fingerprint density at radius 3 is 2.70 bits per heavy atom. The van der Waals surface area contributed by atoms with E-state index in [-0.39, 0.29) is 12.5 Å². The molecule has 0 spiro atoms. The highest BCUT2D eigenvalue weighted by atomic mass is 16.5. The van der Waals surface area contributed by atoms with Gasteiger partial charge < -0.3 is 15.4 Å². The number of nitrogens with one attached hydrogen (secondary N) is 3. The van der Waals surface area contributed by atoms with E-state index in [9.17, 15) is 9.59 Å². The molecule has 0 bridgehead atoms. The quantitative estimate of drug-likeness (QED) is 0.654. The average molecular weight is 279 g/mol. The molecule has 0 heterocycles. The van der Waals surface area contributed by atoms with Crippen LogP contribution in [0.4, 0.5) is 10.5 Å². The maximum absolute atomic E-state index is 11.6. The lowest BCUT2D eigenvalue weighted by Gasteiger charge is -2.11. The van der Waals surface area contributed by atoms with Crippen LogP contribution in [0.1, 0.15) is 12.5 Å². The Kier molecular flexibility index (Phi) is 7.13. The molecule has 0 fully saturated rings. The third-order valence-electron chi connectivity index (χ3n) is 2.68. The number of carbonyl (C=O) groups excluding carboxylic acids is 2. The number of imide groups is 1. The number of methoxy groups -OCH3 is 1. The fraction of sp³-hybridized carbons (Fsp3) is 0.429. The fourth-order valence-electron chi connectivity index (χ4n) is 1.66. The van der Waals surface area contributed by atoms with Crippen LogP contribution >= 0.6 is 0 Å². The monoisotopic (exact) mass is 279 g/mol. The van der Waals surface area contributed by atoms with E-state index in [0.29, 0.717) is 13.2 Å². The number of hydrogen-bond acceptors (Lipinski definition) is 4. The Hall–Kier alpha value is -2.08. The number of rotatable bonds is 7. The Balaban J connectivity index is 2.34. The van der Waals surface area contributed by atoms with E-state index in [1.807, 2.05) is 31.2 Å². The molecule has 0 aliphatic carbocycles. The van der Waals surface area contributed by atoms with Crippen molar-refractivity contribution >= 4 is 17.6 Å². The third-order valence-corrected chi connectivity index (χ3v) is 2.68. The number of hydrogen-bond donors (Lipinski definition) is 3. The van der Waals surface area contributed by atoms with Gasteiger partial charge >= 0.3 is 6.03 Å². The maximum Gasteiger partial charge on any atom is 0.321 e. The molecular formula is C14H21N3O3. The summed E-state index contributed by atoms with van der Waals surface area (Å²) in [6.45, 7) is 2.87. The van der Waals surface area contributed by atoms with Gasteiger partial charge in [-0.05, 0) is 18.1 Å². The summed E-state index contributed by atoms with van der Waals surface area (Å²) in [4.78, 5) is 22.9. The summed E-state index contributed by atoms with van der Waals surface area (Å²) in [5, 5.41) is 7.77. The predicted molar refractivity (Wildman–Crippen MR) is 77.7 cm³/mol. The van der Waals surface area contributed by atoms with E-state index in [1.165, 1.54) is 0 Å².